The maximum Gasteiger partial charge on any atom is 0.235 e. The highest BCUT2D eigenvalue weighted by Crippen LogP contribution is 2.26. The number of piperidine rings is 2. The Morgan fingerprint density at radius 1 is 1.19 bits per heavy atom. The molecule has 2 aliphatic heterocycles. The summed E-state index contributed by atoms with van der Waals surface area (Å²) >= 11 is 0. The molecule has 2 aliphatic rings. The summed E-state index contributed by atoms with van der Waals surface area (Å²) in [4.78, 5) is 28.3. The number of carbonyl (C=O) groups excluding carboxylic acids is 2. The summed E-state index contributed by atoms with van der Waals surface area (Å²) < 4.78 is 0. The predicted octanol–water partition coefficient (Wildman–Crippen LogP) is 1.36. The van der Waals surface area contributed by atoms with E-state index in [1.54, 1.807) is 0 Å². The number of carbonyl (C=O) groups is 2. The predicted molar refractivity (Wildman–Crippen MR) is 82.6 cm³/mol. The summed E-state index contributed by atoms with van der Waals surface area (Å²) in [5, 5.41) is 0. The number of primary amides is 1. The van der Waals surface area contributed by atoms with Crippen LogP contribution in [0, 0.1) is 5.92 Å². The van der Waals surface area contributed by atoms with Crippen molar-refractivity contribution in [2.24, 2.45) is 11.7 Å². The van der Waals surface area contributed by atoms with E-state index in [4.69, 9.17) is 5.73 Å². The van der Waals surface area contributed by atoms with Crippen molar-refractivity contribution in [3.05, 3.63) is 0 Å². The first kappa shape index (κ1) is 16.3. The van der Waals surface area contributed by atoms with Gasteiger partial charge in [0, 0.05) is 31.7 Å². The van der Waals surface area contributed by atoms with Crippen LogP contribution in [0.2, 0.25) is 0 Å². The van der Waals surface area contributed by atoms with Crippen LogP contribution in [0.25, 0.3) is 0 Å². The fourth-order valence-corrected chi connectivity index (χ4v) is 3.89. The number of nitrogens with two attached hydrogens (primary N) is 1. The Balaban J connectivity index is 1.92. The molecule has 0 aromatic carbocycles. The Kier molecular flexibility index (Phi) is 5.62. The third kappa shape index (κ3) is 3.57. The minimum absolute atomic E-state index is 0.0327. The van der Waals surface area contributed by atoms with E-state index in [0.29, 0.717) is 18.5 Å². The van der Waals surface area contributed by atoms with Gasteiger partial charge in [-0.2, -0.15) is 0 Å². The lowest BCUT2D eigenvalue weighted by Crippen LogP contribution is -2.54. The lowest BCUT2D eigenvalue weighted by Gasteiger charge is -2.43. The summed E-state index contributed by atoms with van der Waals surface area (Å²) in [5.74, 6) is -1.08. The molecule has 0 radical (unpaired) electrons. The van der Waals surface area contributed by atoms with Crippen LogP contribution in [0.4, 0.5) is 0 Å². The summed E-state index contributed by atoms with van der Waals surface area (Å²) in [7, 11) is 0. The maximum absolute atomic E-state index is 12.4. The average Bonchev–Trinajstić information content (AvgIpc) is 2.49. The van der Waals surface area contributed by atoms with Crippen LogP contribution in [0.15, 0.2) is 0 Å². The Morgan fingerprint density at radius 3 is 2.33 bits per heavy atom. The number of amides is 2. The second-order valence-electron chi connectivity index (χ2n) is 6.37. The molecule has 2 N–H and O–H groups in total. The molecule has 2 rings (SSSR count). The first-order valence-corrected chi connectivity index (χ1v) is 8.42. The number of rotatable bonds is 5. The molecule has 21 heavy (non-hydrogen) atoms. The molecule has 2 amide bonds. The van der Waals surface area contributed by atoms with Gasteiger partial charge in [-0.05, 0) is 38.5 Å². The summed E-state index contributed by atoms with van der Waals surface area (Å²) in [6.07, 6.45) is 5.94. The highest BCUT2D eigenvalue weighted by atomic mass is 16.2. The average molecular weight is 295 g/mol. The Bertz CT molecular complexity index is 374. The largest absolute Gasteiger partial charge is 0.369 e. The van der Waals surface area contributed by atoms with Crippen LogP contribution < -0.4 is 5.73 Å². The third-order valence-electron chi connectivity index (χ3n) is 5.22. The van der Waals surface area contributed by atoms with Crippen molar-refractivity contribution in [3.8, 4) is 0 Å². The van der Waals surface area contributed by atoms with Crippen LogP contribution in [0.3, 0.4) is 0 Å². The van der Waals surface area contributed by atoms with Gasteiger partial charge in [0.25, 0.3) is 0 Å². The molecular weight excluding hydrogens is 266 g/mol. The molecule has 2 fully saturated rings. The molecule has 1 unspecified atom stereocenters. The van der Waals surface area contributed by atoms with Gasteiger partial charge in [0.1, 0.15) is 5.92 Å². The van der Waals surface area contributed by atoms with Gasteiger partial charge in [0.2, 0.25) is 11.8 Å². The van der Waals surface area contributed by atoms with Gasteiger partial charge < -0.3 is 15.5 Å². The van der Waals surface area contributed by atoms with Crippen molar-refractivity contribution in [1.29, 1.82) is 0 Å². The van der Waals surface area contributed by atoms with Crippen LogP contribution in [0.1, 0.15) is 52.4 Å². The van der Waals surface area contributed by atoms with Gasteiger partial charge >= 0.3 is 0 Å². The van der Waals surface area contributed by atoms with E-state index in [2.05, 4.69) is 18.7 Å². The fourth-order valence-electron chi connectivity index (χ4n) is 3.89. The Morgan fingerprint density at radius 2 is 1.81 bits per heavy atom. The summed E-state index contributed by atoms with van der Waals surface area (Å²) in [5.41, 5.74) is 5.35. The molecule has 0 spiro atoms. The van der Waals surface area contributed by atoms with Gasteiger partial charge in [-0.3, -0.25) is 9.59 Å². The SMILES string of the molecule is CCC(CC)N1CCC(N2CCCC(C(N)=O)C2=O)CC1. The maximum atomic E-state index is 12.4. The van der Waals surface area contributed by atoms with Gasteiger partial charge in [0.15, 0.2) is 0 Å². The zero-order chi connectivity index (χ0) is 15.4. The lowest BCUT2D eigenvalue weighted by atomic mass is 9.92. The van der Waals surface area contributed by atoms with Crippen LogP contribution in [-0.2, 0) is 9.59 Å². The van der Waals surface area contributed by atoms with E-state index >= 15 is 0 Å². The smallest absolute Gasteiger partial charge is 0.235 e. The lowest BCUT2D eigenvalue weighted by molar-refractivity contribution is -0.147. The first-order valence-electron chi connectivity index (χ1n) is 8.42. The van der Waals surface area contributed by atoms with E-state index in [1.165, 1.54) is 12.8 Å². The van der Waals surface area contributed by atoms with Crippen molar-refractivity contribution >= 4 is 11.8 Å². The normalized spacial score (nSPS) is 25.6. The topological polar surface area (TPSA) is 66.6 Å². The summed E-state index contributed by atoms with van der Waals surface area (Å²) in [6.45, 7) is 7.39. The van der Waals surface area contributed by atoms with Gasteiger partial charge in [-0.15, -0.1) is 0 Å². The molecule has 0 bridgehead atoms. The number of nitrogens with zero attached hydrogens (tertiary/aromatic N) is 2. The standard InChI is InChI=1S/C16H29N3O2/c1-3-12(4-2)18-10-7-13(8-11-18)19-9-5-6-14(15(17)20)16(19)21/h12-14H,3-11H2,1-2H3,(H2,17,20). The molecule has 0 aliphatic carbocycles. The second-order valence-corrected chi connectivity index (χ2v) is 6.37. The van der Waals surface area contributed by atoms with E-state index in [-0.39, 0.29) is 5.91 Å². The van der Waals surface area contributed by atoms with Gasteiger partial charge in [-0.1, -0.05) is 13.8 Å². The van der Waals surface area contributed by atoms with Crippen molar-refractivity contribution in [2.45, 2.75) is 64.5 Å². The molecule has 2 heterocycles. The number of likely N-dealkylation sites (tertiary alicyclic amines) is 2. The van der Waals surface area contributed by atoms with Crippen molar-refractivity contribution in [1.82, 2.24) is 9.80 Å². The molecule has 0 aromatic heterocycles. The van der Waals surface area contributed by atoms with E-state index in [0.717, 1.165) is 38.9 Å². The highest BCUT2D eigenvalue weighted by molar-refractivity contribution is 6.00. The zero-order valence-electron chi connectivity index (χ0n) is 13.4. The van der Waals surface area contributed by atoms with Crippen LogP contribution in [0.5, 0.6) is 0 Å². The molecule has 0 saturated carbocycles. The molecular formula is C16H29N3O2. The molecule has 5 heteroatoms. The molecule has 0 aromatic rings. The minimum atomic E-state index is -0.587. The van der Waals surface area contributed by atoms with E-state index < -0.39 is 11.8 Å². The highest BCUT2D eigenvalue weighted by Gasteiger charge is 2.37. The molecule has 2 saturated heterocycles. The second kappa shape index (κ2) is 7.25. The van der Waals surface area contributed by atoms with Crippen molar-refractivity contribution in [3.63, 3.8) is 0 Å². The zero-order valence-corrected chi connectivity index (χ0v) is 13.4. The first-order chi connectivity index (χ1) is 10.1. The quantitative estimate of drug-likeness (QED) is 0.779. The molecule has 1 atom stereocenters. The Hall–Kier alpha value is -1.10. The fraction of sp³-hybridized carbons (Fsp3) is 0.875. The molecule has 120 valence electrons. The van der Waals surface area contributed by atoms with Crippen molar-refractivity contribution < 1.29 is 9.59 Å². The van der Waals surface area contributed by atoms with E-state index in [9.17, 15) is 9.59 Å². The number of hydrogen-bond donors (Lipinski definition) is 1. The Labute approximate surface area is 127 Å². The monoisotopic (exact) mass is 295 g/mol. The van der Waals surface area contributed by atoms with Crippen LogP contribution >= 0.6 is 0 Å². The minimum Gasteiger partial charge on any atom is -0.369 e. The van der Waals surface area contributed by atoms with Gasteiger partial charge in [0.05, 0.1) is 0 Å². The van der Waals surface area contributed by atoms with Gasteiger partial charge in [-0.25, -0.2) is 0 Å². The third-order valence-corrected chi connectivity index (χ3v) is 5.22. The molecule has 5 nitrogen and oxygen atoms in total. The van der Waals surface area contributed by atoms with Crippen LogP contribution in [-0.4, -0.2) is 53.3 Å². The number of hydrogen-bond acceptors (Lipinski definition) is 3. The van der Waals surface area contributed by atoms with E-state index in [1.807, 2.05) is 4.90 Å². The summed E-state index contributed by atoms with van der Waals surface area (Å²) in [6, 6.07) is 0.964. The van der Waals surface area contributed by atoms with Crippen molar-refractivity contribution in [2.75, 3.05) is 19.6 Å².